The molecule has 0 heterocycles. The summed E-state index contributed by atoms with van der Waals surface area (Å²) >= 11 is 0. The first-order valence-corrected chi connectivity index (χ1v) is 10.9. The predicted octanol–water partition coefficient (Wildman–Crippen LogP) is 4.54. The van der Waals surface area contributed by atoms with Crippen LogP contribution >= 0.6 is 0 Å². The van der Waals surface area contributed by atoms with Gasteiger partial charge in [0.2, 0.25) is 0 Å². The van der Waals surface area contributed by atoms with E-state index in [0.717, 1.165) is 27.8 Å². The average Bonchev–Trinajstić information content (AvgIpc) is 3.11. The van der Waals surface area contributed by atoms with Gasteiger partial charge in [-0.05, 0) is 65.3 Å². The van der Waals surface area contributed by atoms with E-state index in [1.54, 1.807) is 0 Å². The van der Waals surface area contributed by atoms with Crippen LogP contribution in [-0.4, -0.2) is 35.6 Å². The van der Waals surface area contributed by atoms with Gasteiger partial charge >= 0.3 is 6.09 Å². The smallest absolute Gasteiger partial charge is 0.407 e. The zero-order valence-electron chi connectivity index (χ0n) is 18.6. The van der Waals surface area contributed by atoms with Crippen molar-refractivity contribution in [1.82, 2.24) is 5.32 Å². The molecule has 5 heteroatoms. The average molecular weight is 432 g/mol. The highest BCUT2D eigenvalue weighted by Crippen LogP contribution is 2.44. The van der Waals surface area contributed by atoms with Crippen molar-refractivity contribution >= 4 is 6.09 Å². The van der Waals surface area contributed by atoms with Gasteiger partial charge in [-0.25, -0.2) is 4.79 Å². The Balaban J connectivity index is 1.35. The van der Waals surface area contributed by atoms with Crippen LogP contribution in [0.5, 0.6) is 0 Å². The van der Waals surface area contributed by atoms with Gasteiger partial charge < -0.3 is 20.3 Å². The van der Waals surface area contributed by atoms with Crippen molar-refractivity contribution in [2.45, 2.75) is 38.9 Å². The number of benzene rings is 3. The lowest BCUT2D eigenvalue weighted by Crippen LogP contribution is -2.36. The van der Waals surface area contributed by atoms with E-state index in [4.69, 9.17) is 4.74 Å². The minimum Gasteiger partial charge on any atom is -0.449 e. The monoisotopic (exact) mass is 431 g/mol. The number of alkyl carbamates (subject to hydrolysis) is 1. The van der Waals surface area contributed by atoms with Gasteiger partial charge in [0.05, 0.1) is 0 Å². The van der Waals surface area contributed by atoms with Gasteiger partial charge in [0.15, 0.2) is 0 Å². The molecule has 0 fully saturated rings. The van der Waals surface area contributed by atoms with Crippen molar-refractivity contribution in [3.05, 3.63) is 94.0 Å². The second-order valence-electron chi connectivity index (χ2n) is 8.51. The van der Waals surface area contributed by atoms with Crippen LogP contribution in [0.25, 0.3) is 11.1 Å². The molecule has 3 N–H and O–H groups in total. The Morgan fingerprint density at radius 3 is 2.09 bits per heavy atom. The molecule has 0 radical (unpaired) electrons. The summed E-state index contributed by atoms with van der Waals surface area (Å²) in [5.74, 6) is -0.0261. The molecule has 2 unspecified atom stereocenters. The number of rotatable bonds is 6. The van der Waals surface area contributed by atoms with Crippen molar-refractivity contribution in [3.8, 4) is 11.1 Å². The van der Waals surface area contributed by atoms with Gasteiger partial charge in [-0.3, -0.25) is 0 Å². The van der Waals surface area contributed by atoms with E-state index in [0.29, 0.717) is 5.56 Å². The first-order chi connectivity index (χ1) is 15.4. The maximum absolute atomic E-state index is 12.3. The molecule has 166 valence electrons. The summed E-state index contributed by atoms with van der Waals surface area (Å²) < 4.78 is 5.49. The normalized spacial score (nSPS) is 14.4. The van der Waals surface area contributed by atoms with Crippen molar-refractivity contribution in [2.24, 2.45) is 0 Å². The van der Waals surface area contributed by atoms with E-state index < -0.39 is 18.3 Å². The zero-order valence-corrected chi connectivity index (χ0v) is 18.6. The number of carbonyl (C=O) groups is 1. The third-order valence-electron chi connectivity index (χ3n) is 6.36. The van der Waals surface area contributed by atoms with Gasteiger partial charge in [-0.15, -0.1) is 0 Å². The molecule has 32 heavy (non-hydrogen) atoms. The third-order valence-corrected chi connectivity index (χ3v) is 6.36. The van der Waals surface area contributed by atoms with E-state index >= 15 is 0 Å². The van der Waals surface area contributed by atoms with E-state index in [9.17, 15) is 15.0 Å². The lowest BCUT2D eigenvalue weighted by atomic mass is 9.95. The summed E-state index contributed by atoms with van der Waals surface area (Å²) in [6.07, 6.45) is -2.85. The Kier molecular flexibility index (Phi) is 6.31. The maximum Gasteiger partial charge on any atom is 0.407 e. The topological polar surface area (TPSA) is 78.8 Å². The van der Waals surface area contributed by atoms with Gasteiger partial charge in [0.25, 0.3) is 0 Å². The van der Waals surface area contributed by atoms with Gasteiger partial charge in [-0.2, -0.15) is 0 Å². The molecule has 0 aromatic heterocycles. The molecule has 3 aromatic carbocycles. The number of amides is 1. The van der Waals surface area contributed by atoms with Crippen LogP contribution < -0.4 is 5.32 Å². The van der Waals surface area contributed by atoms with Crippen LogP contribution in [0.1, 0.15) is 45.4 Å². The molecule has 0 saturated carbocycles. The third kappa shape index (κ3) is 4.27. The highest BCUT2D eigenvalue weighted by Gasteiger charge is 2.29. The van der Waals surface area contributed by atoms with Crippen LogP contribution in [0.3, 0.4) is 0 Å². The molecule has 4 rings (SSSR count). The predicted molar refractivity (Wildman–Crippen MR) is 125 cm³/mol. The lowest BCUT2D eigenvalue weighted by Gasteiger charge is -2.21. The van der Waals surface area contributed by atoms with Gasteiger partial charge in [-0.1, -0.05) is 60.7 Å². The molecule has 2 atom stereocenters. The van der Waals surface area contributed by atoms with E-state index in [1.807, 2.05) is 57.2 Å². The number of aliphatic hydroxyl groups excluding tert-OH is 2. The summed E-state index contributed by atoms with van der Waals surface area (Å²) in [4.78, 5) is 12.3. The Bertz CT molecular complexity index is 1090. The Hall–Kier alpha value is -3.15. The minimum absolute atomic E-state index is 0.0261. The molecular formula is C27H29NO4. The SMILES string of the molecule is Cc1cc(C)c(C(O)C(O)CNC(=O)OCC2c3ccccc3-c3ccccc32)cc1C. The van der Waals surface area contributed by atoms with Crippen molar-refractivity contribution in [1.29, 1.82) is 0 Å². The first-order valence-electron chi connectivity index (χ1n) is 10.9. The fraction of sp³-hybridized carbons (Fsp3) is 0.296. The van der Waals surface area contributed by atoms with Gasteiger partial charge in [0.1, 0.15) is 18.8 Å². The van der Waals surface area contributed by atoms with E-state index in [-0.39, 0.29) is 19.1 Å². The number of ether oxygens (including phenoxy) is 1. The molecule has 1 amide bonds. The second-order valence-corrected chi connectivity index (χ2v) is 8.51. The number of fused-ring (bicyclic) bond motifs is 3. The summed E-state index contributed by atoms with van der Waals surface area (Å²) in [7, 11) is 0. The molecule has 1 aliphatic rings. The lowest BCUT2D eigenvalue weighted by molar-refractivity contribution is 0.0181. The number of nitrogens with one attached hydrogen (secondary N) is 1. The van der Waals surface area contributed by atoms with E-state index in [1.165, 1.54) is 11.1 Å². The van der Waals surface area contributed by atoms with Crippen LogP contribution in [0.15, 0.2) is 60.7 Å². The van der Waals surface area contributed by atoms with Crippen LogP contribution in [0.2, 0.25) is 0 Å². The standard InChI is InChI=1S/C27H29NO4/c1-16-12-18(3)23(13-17(16)2)26(30)25(29)14-28-27(31)32-15-24-21-10-6-4-8-19(21)20-9-5-7-11-22(20)24/h4-13,24-26,29-30H,14-15H2,1-3H3,(H,28,31). The van der Waals surface area contributed by atoms with E-state index in [2.05, 4.69) is 29.6 Å². The summed E-state index contributed by atoms with van der Waals surface area (Å²) in [6.45, 7) is 5.97. The summed E-state index contributed by atoms with van der Waals surface area (Å²) in [6, 6.07) is 20.2. The molecule has 0 aliphatic heterocycles. The maximum atomic E-state index is 12.3. The highest BCUT2D eigenvalue weighted by atomic mass is 16.5. The highest BCUT2D eigenvalue weighted by molar-refractivity contribution is 5.79. The zero-order chi connectivity index (χ0) is 22.8. The van der Waals surface area contributed by atoms with Crippen molar-refractivity contribution in [3.63, 3.8) is 0 Å². The largest absolute Gasteiger partial charge is 0.449 e. The second kappa shape index (κ2) is 9.15. The molecule has 0 spiro atoms. The molecule has 5 nitrogen and oxygen atoms in total. The molecule has 3 aromatic rings. The van der Waals surface area contributed by atoms with Crippen LogP contribution in [-0.2, 0) is 4.74 Å². The number of carbonyl (C=O) groups excluding carboxylic acids is 1. The Morgan fingerprint density at radius 1 is 0.906 bits per heavy atom. The summed E-state index contributed by atoms with van der Waals surface area (Å²) in [5, 5.41) is 23.6. The fourth-order valence-corrected chi connectivity index (χ4v) is 4.46. The Morgan fingerprint density at radius 2 is 1.47 bits per heavy atom. The quantitative estimate of drug-likeness (QED) is 0.535. The minimum atomic E-state index is -1.14. The van der Waals surface area contributed by atoms with Gasteiger partial charge in [0, 0.05) is 12.5 Å². The number of hydrogen-bond acceptors (Lipinski definition) is 4. The molecule has 0 bridgehead atoms. The first kappa shape index (κ1) is 22.1. The number of aliphatic hydroxyl groups is 2. The van der Waals surface area contributed by atoms with Crippen molar-refractivity contribution in [2.75, 3.05) is 13.2 Å². The molecular weight excluding hydrogens is 402 g/mol. The molecule has 1 aliphatic carbocycles. The Labute approximate surface area is 188 Å². The number of hydrogen-bond donors (Lipinski definition) is 3. The van der Waals surface area contributed by atoms with Crippen LogP contribution in [0.4, 0.5) is 4.79 Å². The summed E-state index contributed by atoms with van der Waals surface area (Å²) in [5.41, 5.74) is 8.35. The molecule has 0 saturated heterocycles. The van der Waals surface area contributed by atoms with Crippen LogP contribution in [0, 0.1) is 20.8 Å². The number of aryl methyl sites for hydroxylation is 3. The van der Waals surface area contributed by atoms with Crippen molar-refractivity contribution < 1.29 is 19.7 Å². The fourth-order valence-electron chi connectivity index (χ4n) is 4.46.